The van der Waals surface area contributed by atoms with Crippen LogP contribution in [0.1, 0.15) is 29.8 Å². The van der Waals surface area contributed by atoms with Crippen LogP contribution in [0.15, 0.2) is 42.7 Å². The lowest BCUT2D eigenvalue weighted by Gasteiger charge is -2.12. The van der Waals surface area contributed by atoms with Crippen LogP contribution in [0.25, 0.3) is 11.0 Å². The largest absolute Gasteiger partial charge is 0.462 e. The van der Waals surface area contributed by atoms with E-state index in [0.717, 1.165) is 29.7 Å². The molecule has 2 heterocycles. The van der Waals surface area contributed by atoms with Crippen LogP contribution in [-0.4, -0.2) is 33.9 Å². The third-order valence-corrected chi connectivity index (χ3v) is 4.02. The van der Waals surface area contributed by atoms with E-state index in [1.54, 1.807) is 19.3 Å². The molecule has 0 atom stereocenters. The van der Waals surface area contributed by atoms with Crippen molar-refractivity contribution in [2.75, 3.05) is 18.5 Å². The molecule has 0 saturated carbocycles. The van der Waals surface area contributed by atoms with E-state index in [9.17, 15) is 4.79 Å². The fourth-order valence-electron chi connectivity index (χ4n) is 2.79. The number of ether oxygens (including phenoxy) is 1. The number of rotatable bonds is 7. The number of hydrogen-bond donors (Lipinski definition) is 1. The van der Waals surface area contributed by atoms with Gasteiger partial charge in [0.25, 0.3) is 0 Å². The summed E-state index contributed by atoms with van der Waals surface area (Å²) < 4.78 is 6.98. The van der Waals surface area contributed by atoms with Gasteiger partial charge >= 0.3 is 5.97 Å². The van der Waals surface area contributed by atoms with E-state index in [1.165, 1.54) is 5.56 Å². The van der Waals surface area contributed by atoms with Crippen LogP contribution in [0.2, 0.25) is 0 Å². The van der Waals surface area contributed by atoms with Crippen molar-refractivity contribution in [2.45, 2.75) is 26.8 Å². The Hall–Kier alpha value is -2.89. The van der Waals surface area contributed by atoms with Crippen LogP contribution >= 0.6 is 0 Å². The van der Waals surface area contributed by atoms with Gasteiger partial charge < -0.3 is 10.1 Å². The normalized spacial score (nSPS) is 10.8. The van der Waals surface area contributed by atoms with Crippen molar-refractivity contribution in [2.24, 2.45) is 0 Å². The summed E-state index contributed by atoms with van der Waals surface area (Å²) in [6.07, 6.45) is 4.17. The van der Waals surface area contributed by atoms with Crippen molar-refractivity contribution in [3.05, 3.63) is 53.9 Å². The summed E-state index contributed by atoms with van der Waals surface area (Å²) in [5.41, 5.74) is 3.18. The maximum absolute atomic E-state index is 12.3. The molecule has 1 aromatic carbocycles. The third kappa shape index (κ3) is 3.63. The molecule has 0 radical (unpaired) electrons. The number of benzene rings is 1. The van der Waals surface area contributed by atoms with Crippen molar-refractivity contribution in [3.8, 4) is 0 Å². The van der Waals surface area contributed by atoms with E-state index in [4.69, 9.17) is 4.74 Å². The quantitative estimate of drug-likeness (QED) is 0.670. The fourth-order valence-corrected chi connectivity index (χ4v) is 2.79. The Morgan fingerprint density at radius 3 is 2.72 bits per heavy atom. The number of fused-ring (bicyclic) bond motifs is 1. The predicted molar refractivity (Wildman–Crippen MR) is 97.8 cm³/mol. The Labute approximate surface area is 146 Å². The topological polar surface area (TPSA) is 69.0 Å². The fraction of sp³-hybridized carbons (Fsp3) is 0.316. The van der Waals surface area contributed by atoms with E-state index in [2.05, 4.69) is 27.5 Å². The van der Waals surface area contributed by atoms with Gasteiger partial charge in [-0.3, -0.25) is 0 Å². The summed E-state index contributed by atoms with van der Waals surface area (Å²) in [5.74, 6) is -0.372. The second-order valence-electron chi connectivity index (χ2n) is 5.63. The predicted octanol–water partition coefficient (Wildman–Crippen LogP) is 3.28. The van der Waals surface area contributed by atoms with Crippen LogP contribution in [0.4, 0.5) is 5.69 Å². The molecule has 25 heavy (non-hydrogen) atoms. The third-order valence-electron chi connectivity index (χ3n) is 4.02. The molecule has 0 unspecified atom stereocenters. The average molecular weight is 338 g/mol. The first kappa shape index (κ1) is 17.0. The molecule has 3 rings (SSSR count). The number of esters is 1. The number of anilines is 1. The van der Waals surface area contributed by atoms with Gasteiger partial charge in [-0.15, -0.1) is 0 Å². The van der Waals surface area contributed by atoms with Crippen LogP contribution in [0.5, 0.6) is 0 Å². The summed E-state index contributed by atoms with van der Waals surface area (Å²) in [7, 11) is 0. The molecular weight excluding hydrogens is 316 g/mol. The van der Waals surface area contributed by atoms with Crippen LogP contribution < -0.4 is 5.32 Å². The first-order valence-corrected chi connectivity index (χ1v) is 8.54. The van der Waals surface area contributed by atoms with Gasteiger partial charge in [0, 0.05) is 19.3 Å². The van der Waals surface area contributed by atoms with Gasteiger partial charge in [-0.05, 0) is 25.8 Å². The zero-order valence-electron chi connectivity index (χ0n) is 14.5. The lowest BCUT2D eigenvalue weighted by atomic mass is 10.1. The molecule has 0 bridgehead atoms. The summed E-state index contributed by atoms with van der Waals surface area (Å²) in [6, 6.07) is 10.2. The first-order valence-electron chi connectivity index (χ1n) is 8.54. The monoisotopic (exact) mass is 338 g/mol. The number of carbonyl (C=O) groups is 1. The summed E-state index contributed by atoms with van der Waals surface area (Å²) in [5, 5.41) is 8.57. The highest BCUT2D eigenvalue weighted by molar-refractivity contribution is 6.04. The number of pyridine rings is 1. The number of aromatic nitrogens is 3. The second kappa shape index (κ2) is 7.79. The van der Waals surface area contributed by atoms with Crippen molar-refractivity contribution >= 4 is 22.7 Å². The Morgan fingerprint density at radius 2 is 2.00 bits per heavy atom. The Morgan fingerprint density at radius 1 is 1.20 bits per heavy atom. The molecule has 130 valence electrons. The lowest BCUT2D eigenvalue weighted by molar-refractivity contribution is 0.0527. The highest BCUT2D eigenvalue weighted by atomic mass is 16.5. The van der Waals surface area contributed by atoms with Crippen molar-refractivity contribution < 1.29 is 9.53 Å². The number of aryl methyl sites for hydroxylation is 1. The number of carbonyl (C=O) groups excluding carboxylic acids is 1. The smallest absolute Gasteiger partial charge is 0.341 e. The Kier molecular flexibility index (Phi) is 5.28. The molecule has 1 N–H and O–H groups in total. The van der Waals surface area contributed by atoms with Gasteiger partial charge in [-0.25, -0.2) is 14.5 Å². The lowest BCUT2D eigenvalue weighted by Crippen LogP contribution is -2.13. The molecule has 0 amide bonds. The summed E-state index contributed by atoms with van der Waals surface area (Å²) in [6.45, 7) is 5.55. The Balaban J connectivity index is 1.90. The van der Waals surface area contributed by atoms with Crippen LogP contribution in [0.3, 0.4) is 0 Å². The maximum atomic E-state index is 12.3. The molecule has 0 spiro atoms. The SMILES string of the molecule is CCOC(=O)c1cnc2c(cnn2CC)c1NCCc1ccccc1. The molecule has 0 aliphatic heterocycles. The molecule has 6 heteroatoms. The highest BCUT2D eigenvalue weighted by Crippen LogP contribution is 2.26. The number of nitrogens with one attached hydrogen (secondary N) is 1. The molecular formula is C19H22N4O2. The van der Waals surface area contributed by atoms with Crippen molar-refractivity contribution in [1.29, 1.82) is 0 Å². The van der Waals surface area contributed by atoms with Gasteiger partial charge in [0.1, 0.15) is 5.56 Å². The van der Waals surface area contributed by atoms with Gasteiger partial charge in [0.2, 0.25) is 0 Å². The standard InChI is InChI=1S/C19H22N4O2/c1-3-23-18-15(13-22-23)17(16(12-21-18)19(24)25-4-2)20-11-10-14-8-6-5-7-9-14/h5-9,12-13H,3-4,10-11H2,1-2H3,(H,20,21). The van der Waals surface area contributed by atoms with Crippen molar-refractivity contribution in [1.82, 2.24) is 14.8 Å². The van der Waals surface area contributed by atoms with E-state index >= 15 is 0 Å². The van der Waals surface area contributed by atoms with Gasteiger partial charge in [0.15, 0.2) is 5.65 Å². The van der Waals surface area contributed by atoms with Gasteiger partial charge in [-0.1, -0.05) is 30.3 Å². The summed E-state index contributed by atoms with van der Waals surface area (Å²) in [4.78, 5) is 16.7. The van der Waals surface area contributed by atoms with E-state index in [1.807, 2.05) is 29.8 Å². The second-order valence-corrected chi connectivity index (χ2v) is 5.63. The van der Waals surface area contributed by atoms with Crippen LogP contribution in [0, 0.1) is 0 Å². The van der Waals surface area contributed by atoms with Crippen LogP contribution in [-0.2, 0) is 17.7 Å². The van der Waals surface area contributed by atoms with E-state index in [0.29, 0.717) is 18.7 Å². The van der Waals surface area contributed by atoms with Gasteiger partial charge in [-0.2, -0.15) is 5.10 Å². The Bertz CT molecular complexity index is 858. The molecule has 3 aromatic rings. The number of hydrogen-bond acceptors (Lipinski definition) is 5. The first-order chi connectivity index (χ1) is 12.2. The average Bonchev–Trinajstić information content (AvgIpc) is 3.06. The van der Waals surface area contributed by atoms with Crippen molar-refractivity contribution in [3.63, 3.8) is 0 Å². The molecule has 0 aliphatic carbocycles. The zero-order valence-corrected chi connectivity index (χ0v) is 14.5. The minimum atomic E-state index is -0.372. The maximum Gasteiger partial charge on any atom is 0.341 e. The molecule has 0 saturated heterocycles. The number of nitrogens with zero attached hydrogens (tertiary/aromatic N) is 3. The van der Waals surface area contributed by atoms with Gasteiger partial charge in [0.05, 0.1) is 23.9 Å². The minimum absolute atomic E-state index is 0.328. The molecule has 6 nitrogen and oxygen atoms in total. The molecule has 2 aromatic heterocycles. The molecule has 0 aliphatic rings. The zero-order chi connectivity index (χ0) is 17.6. The van der Waals surface area contributed by atoms with E-state index < -0.39 is 0 Å². The minimum Gasteiger partial charge on any atom is -0.462 e. The molecule has 0 fully saturated rings. The highest BCUT2D eigenvalue weighted by Gasteiger charge is 2.18. The summed E-state index contributed by atoms with van der Waals surface area (Å²) >= 11 is 0. The van der Waals surface area contributed by atoms with E-state index in [-0.39, 0.29) is 5.97 Å².